The van der Waals surface area contributed by atoms with Crippen molar-refractivity contribution >= 4 is 29.1 Å². The molecule has 116 valence electrons. The fourth-order valence-corrected chi connectivity index (χ4v) is 2.72. The zero-order valence-corrected chi connectivity index (χ0v) is 13.8. The van der Waals surface area contributed by atoms with E-state index in [9.17, 15) is 4.79 Å². The van der Waals surface area contributed by atoms with Crippen LogP contribution in [0.4, 0.5) is 0 Å². The third-order valence-corrected chi connectivity index (χ3v) is 4.27. The van der Waals surface area contributed by atoms with Gasteiger partial charge in [-0.3, -0.25) is 4.79 Å². The number of hydrogen-bond donors (Lipinski definition) is 1. The number of carbonyl (C=O) groups is 1. The summed E-state index contributed by atoms with van der Waals surface area (Å²) in [5.41, 5.74) is 0.434. The van der Waals surface area contributed by atoms with Crippen LogP contribution in [-0.4, -0.2) is 62.0 Å². The van der Waals surface area contributed by atoms with E-state index in [0.717, 1.165) is 39.1 Å². The minimum Gasteiger partial charge on any atom is -0.352 e. The summed E-state index contributed by atoms with van der Waals surface area (Å²) >= 11 is 11.9. The number of benzene rings is 1. The molecule has 1 aromatic carbocycles. The second kappa shape index (κ2) is 7.99. The maximum absolute atomic E-state index is 12.0. The molecule has 0 aromatic heterocycles. The van der Waals surface area contributed by atoms with Crippen molar-refractivity contribution in [3.05, 3.63) is 33.8 Å². The predicted molar refractivity (Wildman–Crippen MR) is 87.3 cm³/mol. The molecule has 21 heavy (non-hydrogen) atoms. The van der Waals surface area contributed by atoms with E-state index >= 15 is 0 Å². The number of rotatable bonds is 5. The molecule has 1 fully saturated rings. The number of likely N-dealkylation sites (N-methyl/N-ethyl adjacent to an activating group) is 1. The van der Waals surface area contributed by atoms with Crippen LogP contribution in [0.15, 0.2) is 18.2 Å². The quantitative estimate of drug-likeness (QED) is 0.842. The summed E-state index contributed by atoms with van der Waals surface area (Å²) in [5, 5.41) is 3.84. The lowest BCUT2D eigenvalue weighted by Crippen LogP contribution is -2.45. The predicted octanol–water partition coefficient (Wildman–Crippen LogP) is 2.36. The third kappa shape index (κ3) is 5.15. The second-order valence-corrected chi connectivity index (χ2v) is 6.22. The lowest BCUT2D eigenvalue weighted by molar-refractivity contribution is 0.0949. The van der Waals surface area contributed by atoms with Gasteiger partial charge in [0.05, 0.1) is 10.6 Å². The Morgan fingerprint density at radius 1 is 1.24 bits per heavy atom. The molecule has 1 aliphatic heterocycles. The minimum absolute atomic E-state index is 0.166. The molecule has 6 heteroatoms. The number of amides is 1. The molecule has 1 aliphatic rings. The summed E-state index contributed by atoms with van der Waals surface area (Å²) in [6.45, 7) is 6.09. The molecule has 0 spiro atoms. The van der Waals surface area contributed by atoms with Crippen molar-refractivity contribution in [2.24, 2.45) is 0 Å². The van der Waals surface area contributed by atoms with E-state index in [4.69, 9.17) is 23.2 Å². The highest BCUT2D eigenvalue weighted by atomic mass is 35.5. The van der Waals surface area contributed by atoms with E-state index in [1.165, 1.54) is 0 Å². The molecule has 0 bridgehead atoms. The molecular formula is C15H21Cl2N3O. The number of hydrogen-bond acceptors (Lipinski definition) is 3. The summed E-state index contributed by atoms with van der Waals surface area (Å²) in [6, 6.07) is 4.91. The largest absolute Gasteiger partial charge is 0.352 e. The number of piperazine rings is 1. The first-order valence-electron chi connectivity index (χ1n) is 7.20. The van der Waals surface area contributed by atoms with Gasteiger partial charge >= 0.3 is 0 Å². The molecule has 0 saturated carbocycles. The van der Waals surface area contributed by atoms with E-state index in [0.29, 0.717) is 22.2 Å². The first-order chi connectivity index (χ1) is 10.1. The van der Waals surface area contributed by atoms with Crippen molar-refractivity contribution in [2.75, 3.05) is 46.3 Å². The summed E-state index contributed by atoms with van der Waals surface area (Å²) in [4.78, 5) is 16.8. The Kier molecular flexibility index (Phi) is 6.30. The fourth-order valence-electron chi connectivity index (χ4n) is 2.34. The minimum atomic E-state index is -0.166. The van der Waals surface area contributed by atoms with Crippen LogP contribution in [0.1, 0.15) is 16.8 Å². The van der Waals surface area contributed by atoms with Gasteiger partial charge in [0, 0.05) is 37.7 Å². The zero-order chi connectivity index (χ0) is 15.2. The molecule has 0 unspecified atom stereocenters. The van der Waals surface area contributed by atoms with Crippen molar-refractivity contribution < 1.29 is 4.79 Å². The molecule has 4 nitrogen and oxygen atoms in total. The van der Waals surface area contributed by atoms with Gasteiger partial charge in [-0.2, -0.15) is 0 Å². The Hall–Kier alpha value is -0.810. The molecule has 1 heterocycles. The monoisotopic (exact) mass is 329 g/mol. The van der Waals surface area contributed by atoms with Crippen LogP contribution < -0.4 is 5.32 Å². The molecule has 0 atom stereocenters. The van der Waals surface area contributed by atoms with Crippen molar-refractivity contribution in [3.63, 3.8) is 0 Å². The Morgan fingerprint density at radius 3 is 2.67 bits per heavy atom. The maximum atomic E-state index is 12.0. The number of nitrogens with one attached hydrogen (secondary N) is 1. The van der Waals surface area contributed by atoms with Gasteiger partial charge in [-0.05, 0) is 38.2 Å². The second-order valence-electron chi connectivity index (χ2n) is 5.38. The van der Waals surface area contributed by atoms with Gasteiger partial charge < -0.3 is 15.1 Å². The normalized spacial score (nSPS) is 16.9. The van der Waals surface area contributed by atoms with Gasteiger partial charge in [0.25, 0.3) is 5.91 Å². The van der Waals surface area contributed by atoms with Crippen molar-refractivity contribution in [2.45, 2.75) is 6.42 Å². The zero-order valence-electron chi connectivity index (χ0n) is 12.2. The highest BCUT2D eigenvalue weighted by Gasteiger charge is 2.14. The standard InChI is InChI=1S/C15H21Cl2N3O/c1-19-7-9-20(10-8-19)6-2-5-18-15(21)13-11-12(16)3-4-14(13)17/h3-4,11H,2,5-10H2,1H3,(H,18,21). The summed E-state index contributed by atoms with van der Waals surface area (Å²) in [5.74, 6) is -0.166. The fraction of sp³-hybridized carbons (Fsp3) is 0.533. The van der Waals surface area contributed by atoms with Gasteiger partial charge in [0.15, 0.2) is 0 Å². The van der Waals surface area contributed by atoms with Crippen molar-refractivity contribution in [1.82, 2.24) is 15.1 Å². The van der Waals surface area contributed by atoms with E-state index in [1.807, 2.05) is 0 Å². The summed E-state index contributed by atoms with van der Waals surface area (Å²) in [6.07, 6.45) is 0.938. The molecule has 1 amide bonds. The molecule has 1 aromatic rings. The maximum Gasteiger partial charge on any atom is 0.252 e. The smallest absolute Gasteiger partial charge is 0.252 e. The first-order valence-corrected chi connectivity index (χ1v) is 7.96. The third-order valence-electron chi connectivity index (χ3n) is 3.71. The number of halogens is 2. The molecule has 1 saturated heterocycles. The Labute approximate surface area is 136 Å². The molecule has 1 N–H and O–H groups in total. The molecule has 0 aliphatic carbocycles. The van der Waals surface area contributed by atoms with Gasteiger partial charge in [-0.15, -0.1) is 0 Å². The van der Waals surface area contributed by atoms with E-state index in [-0.39, 0.29) is 5.91 Å². The average molecular weight is 330 g/mol. The summed E-state index contributed by atoms with van der Waals surface area (Å²) in [7, 11) is 2.15. The van der Waals surface area contributed by atoms with Crippen LogP contribution in [0, 0.1) is 0 Å². The average Bonchev–Trinajstić information content (AvgIpc) is 2.47. The topological polar surface area (TPSA) is 35.6 Å². The van der Waals surface area contributed by atoms with Gasteiger partial charge in [-0.25, -0.2) is 0 Å². The Bertz CT molecular complexity index is 488. The molecular weight excluding hydrogens is 309 g/mol. The Balaban J connectivity index is 1.71. The van der Waals surface area contributed by atoms with E-state index < -0.39 is 0 Å². The van der Waals surface area contributed by atoms with Crippen molar-refractivity contribution in [3.8, 4) is 0 Å². The van der Waals surface area contributed by atoms with Crippen LogP contribution in [-0.2, 0) is 0 Å². The lowest BCUT2D eigenvalue weighted by atomic mass is 10.2. The van der Waals surface area contributed by atoms with Gasteiger partial charge in [-0.1, -0.05) is 23.2 Å². The SMILES string of the molecule is CN1CCN(CCCNC(=O)c2cc(Cl)ccc2Cl)CC1. The summed E-state index contributed by atoms with van der Waals surface area (Å²) < 4.78 is 0. The van der Waals surface area contributed by atoms with Crippen molar-refractivity contribution in [1.29, 1.82) is 0 Å². The molecule has 0 radical (unpaired) electrons. The first kappa shape index (κ1) is 16.6. The van der Waals surface area contributed by atoms with Crippen LogP contribution in [0.3, 0.4) is 0 Å². The van der Waals surface area contributed by atoms with Crippen LogP contribution in [0.2, 0.25) is 10.0 Å². The van der Waals surface area contributed by atoms with E-state index in [1.54, 1.807) is 18.2 Å². The van der Waals surface area contributed by atoms with Crippen LogP contribution >= 0.6 is 23.2 Å². The molecule has 2 rings (SSSR count). The number of nitrogens with zero attached hydrogens (tertiary/aromatic N) is 2. The van der Waals surface area contributed by atoms with E-state index in [2.05, 4.69) is 22.2 Å². The Morgan fingerprint density at radius 2 is 1.95 bits per heavy atom. The van der Waals surface area contributed by atoms with Crippen LogP contribution in [0.5, 0.6) is 0 Å². The van der Waals surface area contributed by atoms with Gasteiger partial charge in [0.2, 0.25) is 0 Å². The lowest BCUT2D eigenvalue weighted by Gasteiger charge is -2.32. The van der Waals surface area contributed by atoms with Crippen LogP contribution in [0.25, 0.3) is 0 Å². The number of carbonyl (C=O) groups excluding carboxylic acids is 1. The van der Waals surface area contributed by atoms with Gasteiger partial charge in [0.1, 0.15) is 0 Å². The highest BCUT2D eigenvalue weighted by molar-refractivity contribution is 6.35. The highest BCUT2D eigenvalue weighted by Crippen LogP contribution is 2.20.